The van der Waals surface area contributed by atoms with Gasteiger partial charge in [-0.3, -0.25) is 0 Å². The molecule has 2 N–H and O–H groups in total. The molecule has 0 aromatic carbocycles. The topological polar surface area (TPSA) is 26.0 Å². The minimum atomic E-state index is 0.769. The van der Waals surface area contributed by atoms with Crippen LogP contribution in [0.4, 0.5) is 0 Å². The Morgan fingerprint density at radius 3 is 2.67 bits per heavy atom. The first kappa shape index (κ1) is 8.44. The minimum absolute atomic E-state index is 0.769. The van der Waals surface area contributed by atoms with Crippen molar-refractivity contribution >= 4 is 0 Å². The highest BCUT2D eigenvalue weighted by atomic mass is 14.5. The van der Waals surface area contributed by atoms with Gasteiger partial charge < -0.3 is 5.73 Å². The molecule has 0 rings (SSSR count). The fourth-order valence-corrected chi connectivity index (χ4v) is 0.670. The van der Waals surface area contributed by atoms with Crippen LogP contribution in [0.15, 0.2) is 24.3 Å². The zero-order valence-corrected chi connectivity index (χ0v) is 6.06. The maximum absolute atomic E-state index is 5.32. The van der Waals surface area contributed by atoms with E-state index in [4.69, 9.17) is 5.73 Å². The summed E-state index contributed by atoms with van der Waals surface area (Å²) in [4.78, 5) is 0. The smallest absolute Gasteiger partial charge is 0.00741 e. The first-order valence-electron chi connectivity index (χ1n) is 3.32. The average molecular weight is 125 g/mol. The van der Waals surface area contributed by atoms with Crippen LogP contribution in [0.2, 0.25) is 0 Å². The molecule has 0 unspecified atom stereocenters. The molecule has 52 valence electrons. The van der Waals surface area contributed by atoms with E-state index in [1.807, 2.05) is 13.0 Å². The zero-order valence-electron chi connectivity index (χ0n) is 6.06. The van der Waals surface area contributed by atoms with Crippen LogP contribution in [-0.4, -0.2) is 6.54 Å². The number of rotatable bonds is 4. The van der Waals surface area contributed by atoms with Gasteiger partial charge in [-0.1, -0.05) is 24.3 Å². The van der Waals surface area contributed by atoms with Crippen molar-refractivity contribution in [2.75, 3.05) is 6.54 Å². The van der Waals surface area contributed by atoms with Crippen molar-refractivity contribution < 1.29 is 0 Å². The lowest BCUT2D eigenvalue weighted by molar-refractivity contribution is 0.835. The molecule has 0 heterocycles. The zero-order chi connectivity index (χ0) is 7.11. The number of hydrogen-bond acceptors (Lipinski definition) is 1. The Kier molecular flexibility index (Phi) is 5.23. The summed E-state index contributed by atoms with van der Waals surface area (Å²) >= 11 is 0. The first-order chi connectivity index (χ1) is 4.35. The maximum Gasteiger partial charge on any atom is -0.00741 e. The lowest BCUT2D eigenvalue weighted by Crippen LogP contribution is -1.97. The normalized spacial score (nSPS) is 11.6. The number of nitrogens with two attached hydrogens (primary N) is 1. The molecule has 0 saturated carbocycles. The lowest BCUT2D eigenvalue weighted by atomic mass is 10.1. The first-order valence-corrected chi connectivity index (χ1v) is 3.32. The monoisotopic (exact) mass is 125 g/mol. The van der Waals surface area contributed by atoms with Crippen molar-refractivity contribution in [3.63, 3.8) is 0 Å². The average Bonchev–Trinajstić information content (AvgIpc) is 1.91. The van der Waals surface area contributed by atoms with Crippen LogP contribution >= 0.6 is 0 Å². The molecule has 0 aliphatic rings. The van der Waals surface area contributed by atoms with Gasteiger partial charge in [-0.15, -0.1) is 0 Å². The molecule has 0 amide bonds. The van der Waals surface area contributed by atoms with E-state index < -0.39 is 0 Å². The van der Waals surface area contributed by atoms with Crippen molar-refractivity contribution in [2.24, 2.45) is 5.73 Å². The Balaban J connectivity index is 3.45. The van der Waals surface area contributed by atoms with Crippen molar-refractivity contribution in [3.05, 3.63) is 24.3 Å². The molecule has 0 aliphatic heterocycles. The predicted molar refractivity (Wildman–Crippen MR) is 42.2 cm³/mol. The summed E-state index contributed by atoms with van der Waals surface area (Å²) in [5.41, 5.74) is 6.62. The molecule has 0 aliphatic carbocycles. The molecule has 0 fully saturated rings. The van der Waals surface area contributed by atoms with Gasteiger partial charge in [-0.05, 0) is 26.3 Å². The highest BCUT2D eigenvalue weighted by Gasteiger charge is 1.86. The van der Waals surface area contributed by atoms with E-state index in [0.29, 0.717) is 0 Å². The van der Waals surface area contributed by atoms with Crippen LogP contribution in [0.1, 0.15) is 19.8 Å². The van der Waals surface area contributed by atoms with Gasteiger partial charge >= 0.3 is 0 Å². The third-order valence-electron chi connectivity index (χ3n) is 1.30. The summed E-state index contributed by atoms with van der Waals surface area (Å²) in [5.74, 6) is 0. The van der Waals surface area contributed by atoms with Crippen LogP contribution in [0.25, 0.3) is 0 Å². The van der Waals surface area contributed by atoms with Crippen LogP contribution < -0.4 is 5.73 Å². The highest BCUT2D eigenvalue weighted by molar-refractivity contribution is 5.14. The second-order valence-corrected chi connectivity index (χ2v) is 1.96. The molecule has 9 heavy (non-hydrogen) atoms. The molecule has 0 saturated heterocycles. The molecule has 0 atom stereocenters. The van der Waals surface area contributed by atoms with Gasteiger partial charge in [0, 0.05) is 0 Å². The van der Waals surface area contributed by atoms with Crippen molar-refractivity contribution in [1.82, 2.24) is 0 Å². The summed E-state index contributed by atoms with van der Waals surface area (Å²) < 4.78 is 0. The fraction of sp³-hybridized carbons (Fsp3) is 0.500. The quantitative estimate of drug-likeness (QED) is 0.570. The Hall–Kier alpha value is -0.560. The summed E-state index contributed by atoms with van der Waals surface area (Å²) in [6.07, 6.45) is 6.08. The standard InChI is InChI=1S/C8H15N/c1-3-8(4-2)6-5-7-9/h3-4H,1,5-7,9H2,2H3/b8-4+. The van der Waals surface area contributed by atoms with Gasteiger partial charge in [0.05, 0.1) is 0 Å². The van der Waals surface area contributed by atoms with Gasteiger partial charge in [-0.2, -0.15) is 0 Å². The Labute approximate surface area is 57.3 Å². The van der Waals surface area contributed by atoms with E-state index in [1.54, 1.807) is 0 Å². The van der Waals surface area contributed by atoms with Gasteiger partial charge in [-0.25, -0.2) is 0 Å². The third kappa shape index (κ3) is 3.98. The highest BCUT2D eigenvalue weighted by Crippen LogP contribution is 2.03. The summed E-state index contributed by atoms with van der Waals surface area (Å²) in [7, 11) is 0. The van der Waals surface area contributed by atoms with Gasteiger partial charge in [0.1, 0.15) is 0 Å². The predicted octanol–water partition coefficient (Wildman–Crippen LogP) is 1.86. The molecule has 1 heteroatoms. The maximum atomic E-state index is 5.32. The SMILES string of the molecule is C=C/C(=C\C)CCCN. The second kappa shape index (κ2) is 5.57. The molecule has 0 bridgehead atoms. The van der Waals surface area contributed by atoms with Gasteiger partial charge in [0.25, 0.3) is 0 Å². The van der Waals surface area contributed by atoms with E-state index in [0.717, 1.165) is 19.4 Å². The summed E-state index contributed by atoms with van der Waals surface area (Å²) in [6.45, 7) is 6.47. The molecule has 0 aromatic rings. The van der Waals surface area contributed by atoms with Crippen molar-refractivity contribution in [1.29, 1.82) is 0 Å². The van der Waals surface area contributed by atoms with E-state index in [2.05, 4.69) is 12.7 Å². The van der Waals surface area contributed by atoms with Crippen molar-refractivity contribution in [3.8, 4) is 0 Å². The second-order valence-electron chi connectivity index (χ2n) is 1.96. The van der Waals surface area contributed by atoms with Gasteiger partial charge in [0.2, 0.25) is 0 Å². The molecular weight excluding hydrogens is 110 g/mol. The van der Waals surface area contributed by atoms with Crippen LogP contribution in [0.3, 0.4) is 0 Å². The van der Waals surface area contributed by atoms with E-state index >= 15 is 0 Å². The molecule has 0 aromatic heterocycles. The lowest BCUT2D eigenvalue weighted by Gasteiger charge is -1.96. The van der Waals surface area contributed by atoms with Crippen LogP contribution in [-0.2, 0) is 0 Å². The summed E-state index contributed by atoms with van der Waals surface area (Å²) in [5, 5.41) is 0. The largest absolute Gasteiger partial charge is 0.330 e. The molecule has 1 nitrogen and oxygen atoms in total. The molecule has 0 radical (unpaired) electrons. The van der Waals surface area contributed by atoms with Crippen LogP contribution in [0.5, 0.6) is 0 Å². The Bertz CT molecular complexity index is 103. The van der Waals surface area contributed by atoms with E-state index in [9.17, 15) is 0 Å². The number of allylic oxidation sites excluding steroid dienone is 3. The Morgan fingerprint density at radius 2 is 2.33 bits per heavy atom. The Morgan fingerprint density at radius 1 is 1.67 bits per heavy atom. The minimum Gasteiger partial charge on any atom is -0.330 e. The molecular formula is C8H15N. The fourth-order valence-electron chi connectivity index (χ4n) is 0.670. The van der Waals surface area contributed by atoms with Gasteiger partial charge in [0.15, 0.2) is 0 Å². The van der Waals surface area contributed by atoms with Crippen LogP contribution in [0, 0.1) is 0 Å². The molecule has 0 spiro atoms. The summed E-state index contributed by atoms with van der Waals surface area (Å²) in [6, 6.07) is 0. The van der Waals surface area contributed by atoms with Crippen molar-refractivity contribution in [2.45, 2.75) is 19.8 Å². The van der Waals surface area contributed by atoms with E-state index in [1.165, 1.54) is 5.57 Å². The van der Waals surface area contributed by atoms with E-state index in [-0.39, 0.29) is 0 Å². The third-order valence-corrected chi connectivity index (χ3v) is 1.30. The number of hydrogen-bond donors (Lipinski definition) is 1.